The summed E-state index contributed by atoms with van der Waals surface area (Å²) in [5.74, 6) is 2.53. The average molecular weight is 499 g/mol. The van der Waals surface area contributed by atoms with Gasteiger partial charge in [-0.15, -0.1) is 6.42 Å². The molecule has 3 aromatic rings. The van der Waals surface area contributed by atoms with Crippen LogP contribution in [0.25, 0.3) is 0 Å². The molecule has 4 nitrogen and oxygen atoms in total. The van der Waals surface area contributed by atoms with Crippen molar-refractivity contribution >= 4 is 48.0 Å². The molecule has 0 spiro atoms. The Balaban J connectivity index is 0.000000197. The maximum Gasteiger partial charge on any atom is 0.262 e. The van der Waals surface area contributed by atoms with Gasteiger partial charge in [0, 0.05) is 37.9 Å². The van der Waals surface area contributed by atoms with Crippen molar-refractivity contribution in [1.29, 1.82) is 0 Å². The molecule has 1 heterocycles. The van der Waals surface area contributed by atoms with Gasteiger partial charge in [0.05, 0.1) is 0 Å². The molecule has 0 amide bonds. The van der Waals surface area contributed by atoms with Crippen LogP contribution < -0.4 is 5.73 Å². The number of hydrogen-bond donors (Lipinski definition) is 1. The Hall–Kier alpha value is -2.08. The Bertz CT molecular complexity index is 923. The summed E-state index contributed by atoms with van der Waals surface area (Å²) in [6.07, 6.45) is 7.77. The molecular formula is C19H16ClIN2O2S. The van der Waals surface area contributed by atoms with Crippen LogP contribution in [0.4, 0.5) is 5.69 Å². The number of nitrogen functional groups attached to an aromatic ring is 1. The maximum absolute atomic E-state index is 10.6. The Kier molecular flexibility index (Phi) is 9.73. The predicted molar refractivity (Wildman–Crippen MR) is 115 cm³/mol. The van der Waals surface area contributed by atoms with E-state index in [1.165, 1.54) is 24.5 Å². The van der Waals surface area contributed by atoms with Gasteiger partial charge < -0.3 is 5.73 Å². The zero-order valence-corrected chi connectivity index (χ0v) is 17.3. The average Bonchev–Trinajstić information content (AvgIpc) is 2.66. The van der Waals surface area contributed by atoms with Gasteiger partial charge in [-0.25, -0.2) is 8.42 Å². The monoisotopic (exact) mass is 498 g/mol. The number of hydrogen-bond acceptors (Lipinski definition) is 4. The van der Waals surface area contributed by atoms with Crippen LogP contribution in [0.15, 0.2) is 84.0 Å². The van der Waals surface area contributed by atoms with Gasteiger partial charge >= 0.3 is 0 Å². The van der Waals surface area contributed by atoms with E-state index in [4.69, 9.17) is 22.8 Å². The lowest BCUT2D eigenvalue weighted by Gasteiger charge is -1.91. The van der Waals surface area contributed by atoms with Crippen molar-refractivity contribution < 1.29 is 8.42 Å². The lowest BCUT2D eigenvalue weighted by molar-refractivity contribution is 0.609. The molecule has 1 aromatic heterocycles. The van der Waals surface area contributed by atoms with Crippen LogP contribution >= 0.6 is 33.3 Å². The van der Waals surface area contributed by atoms with Crippen LogP contribution in [0.1, 0.15) is 5.56 Å². The number of nitrogens with two attached hydrogens (primary N) is 1. The number of benzene rings is 2. The highest BCUT2D eigenvalue weighted by Crippen LogP contribution is 2.12. The van der Waals surface area contributed by atoms with Gasteiger partial charge in [-0.05, 0) is 59.0 Å². The summed E-state index contributed by atoms with van der Waals surface area (Å²) < 4.78 is 22.2. The maximum atomic E-state index is 10.6. The first-order valence-corrected chi connectivity index (χ1v) is 10.6. The largest absolute Gasteiger partial charge is 0.398 e. The van der Waals surface area contributed by atoms with E-state index in [1.54, 1.807) is 0 Å². The molecule has 0 bridgehead atoms. The molecule has 3 rings (SSSR count). The van der Waals surface area contributed by atoms with Gasteiger partial charge in [0.15, 0.2) is 0 Å². The van der Waals surface area contributed by atoms with E-state index in [1.807, 2.05) is 54.6 Å². The highest BCUT2D eigenvalue weighted by atomic mass is 127. The summed E-state index contributed by atoms with van der Waals surface area (Å²) >= 11 is 2.20. The molecule has 0 atom stereocenters. The number of aromatic nitrogens is 1. The number of terminal acetylenes is 1. The molecule has 0 aliphatic carbocycles. The number of anilines is 1. The number of para-hydroxylation sites is 1. The van der Waals surface area contributed by atoms with Gasteiger partial charge in [0.25, 0.3) is 9.05 Å². The highest BCUT2D eigenvalue weighted by Gasteiger charge is 2.07. The molecule has 7 heteroatoms. The Morgan fingerprint density at radius 1 is 1.00 bits per heavy atom. The number of pyridine rings is 1. The fourth-order valence-electron chi connectivity index (χ4n) is 1.50. The third-order valence-electron chi connectivity index (χ3n) is 2.76. The minimum Gasteiger partial charge on any atom is -0.398 e. The van der Waals surface area contributed by atoms with Gasteiger partial charge in [-0.3, -0.25) is 4.98 Å². The van der Waals surface area contributed by atoms with Crippen LogP contribution in [-0.2, 0) is 9.05 Å². The standard InChI is InChI=1S/C8H6.C6H6IN.C5H4ClNO2S/c1-2-8-6-4-3-5-7-8;7-5-3-1-2-4-6(5)8;6-10(8,9)5-2-1-3-7-4-5/h1,3-7H;1-4H,8H2;1-4H. The second-order valence-corrected chi connectivity index (χ2v) is 8.39. The second kappa shape index (κ2) is 11.5. The fourth-order valence-corrected chi connectivity index (χ4v) is 2.59. The van der Waals surface area contributed by atoms with E-state index < -0.39 is 9.05 Å². The molecule has 2 aromatic carbocycles. The van der Waals surface area contributed by atoms with Crippen molar-refractivity contribution in [3.63, 3.8) is 0 Å². The topological polar surface area (TPSA) is 73.1 Å². The molecule has 2 N–H and O–H groups in total. The van der Waals surface area contributed by atoms with E-state index in [9.17, 15) is 8.42 Å². The number of nitrogens with zero attached hydrogens (tertiary/aromatic N) is 1. The molecule has 0 saturated carbocycles. The normalized spacial score (nSPS) is 9.58. The smallest absolute Gasteiger partial charge is 0.262 e. The predicted octanol–water partition coefficient (Wildman–Crippen LogP) is 4.55. The number of rotatable bonds is 1. The van der Waals surface area contributed by atoms with Crippen LogP contribution in [0.3, 0.4) is 0 Å². The third kappa shape index (κ3) is 8.85. The van der Waals surface area contributed by atoms with Crippen LogP contribution in [0, 0.1) is 15.9 Å². The summed E-state index contributed by atoms with van der Waals surface area (Å²) in [6.45, 7) is 0. The number of halogens is 2. The first-order valence-electron chi connectivity index (χ1n) is 7.21. The van der Waals surface area contributed by atoms with Gasteiger partial charge in [0.1, 0.15) is 4.90 Å². The van der Waals surface area contributed by atoms with Crippen molar-refractivity contribution in [2.45, 2.75) is 4.90 Å². The molecule has 0 saturated heterocycles. The van der Waals surface area contributed by atoms with Crippen molar-refractivity contribution in [3.8, 4) is 12.3 Å². The minimum atomic E-state index is -3.59. The lowest BCUT2D eigenvalue weighted by atomic mass is 10.2. The van der Waals surface area contributed by atoms with E-state index in [-0.39, 0.29) is 4.90 Å². The molecule has 0 aliphatic heterocycles. The molecule has 26 heavy (non-hydrogen) atoms. The zero-order valence-electron chi connectivity index (χ0n) is 13.6. The van der Waals surface area contributed by atoms with Crippen molar-refractivity contribution in [1.82, 2.24) is 4.98 Å². The fraction of sp³-hybridized carbons (Fsp3) is 0. The zero-order chi connectivity index (χ0) is 19.4. The van der Waals surface area contributed by atoms with Crippen molar-refractivity contribution in [2.24, 2.45) is 0 Å². The molecule has 0 fully saturated rings. The summed E-state index contributed by atoms with van der Waals surface area (Å²) in [5.41, 5.74) is 7.30. The Morgan fingerprint density at radius 2 is 1.62 bits per heavy atom. The van der Waals surface area contributed by atoms with Crippen molar-refractivity contribution in [2.75, 3.05) is 5.73 Å². The molecule has 0 unspecified atom stereocenters. The lowest BCUT2D eigenvalue weighted by Crippen LogP contribution is -1.89. The molecule has 0 radical (unpaired) electrons. The van der Waals surface area contributed by atoms with Gasteiger partial charge in [-0.1, -0.05) is 36.3 Å². The highest BCUT2D eigenvalue weighted by molar-refractivity contribution is 14.1. The second-order valence-electron chi connectivity index (χ2n) is 4.66. The molecule has 0 aliphatic rings. The summed E-state index contributed by atoms with van der Waals surface area (Å²) in [7, 11) is 1.40. The molecular weight excluding hydrogens is 483 g/mol. The van der Waals surface area contributed by atoms with Crippen LogP contribution in [0.5, 0.6) is 0 Å². The van der Waals surface area contributed by atoms with Crippen LogP contribution in [-0.4, -0.2) is 13.4 Å². The van der Waals surface area contributed by atoms with Gasteiger partial charge in [0.2, 0.25) is 0 Å². The van der Waals surface area contributed by atoms with Crippen molar-refractivity contribution in [3.05, 3.63) is 88.3 Å². The quantitative estimate of drug-likeness (QED) is 0.231. The Labute approximate surface area is 172 Å². The summed E-state index contributed by atoms with van der Waals surface area (Å²) in [6, 6.07) is 20.3. The van der Waals surface area contributed by atoms with E-state index >= 15 is 0 Å². The van der Waals surface area contributed by atoms with Crippen LogP contribution in [0.2, 0.25) is 0 Å². The van der Waals surface area contributed by atoms with Gasteiger partial charge in [-0.2, -0.15) is 0 Å². The summed E-state index contributed by atoms with van der Waals surface area (Å²) in [4.78, 5) is 3.61. The van der Waals surface area contributed by atoms with E-state index in [0.717, 1.165) is 14.8 Å². The van der Waals surface area contributed by atoms with E-state index in [2.05, 4.69) is 33.5 Å². The first-order chi connectivity index (χ1) is 12.3. The van der Waals surface area contributed by atoms with E-state index in [0.29, 0.717) is 0 Å². The third-order valence-corrected chi connectivity index (χ3v) is 5.08. The first kappa shape index (κ1) is 22.0. The summed E-state index contributed by atoms with van der Waals surface area (Å²) in [5, 5.41) is 0. The Morgan fingerprint density at radius 3 is 1.96 bits per heavy atom. The minimum absolute atomic E-state index is 0.0247. The SMILES string of the molecule is C#Cc1ccccc1.Nc1ccccc1I.O=S(=O)(Cl)c1cccnc1. The molecule has 134 valence electrons.